The quantitative estimate of drug-likeness (QED) is 0.789. The van der Waals surface area contributed by atoms with Crippen LogP contribution in [0.2, 0.25) is 0 Å². The number of rotatable bonds is 2. The summed E-state index contributed by atoms with van der Waals surface area (Å²) < 4.78 is 5.82. The highest BCUT2D eigenvalue weighted by atomic mass is 16.3. The maximum absolute atomic E-state index is 6.27. The summed E-state index contributed by atoms with van der Waals surface area (Å²) in [4.78, 5) is 0. The van der Waals surface area contributed by atoms with Gasteiger partial charge in [0.25, 0.3) is 0 Å². The molecule has 2 aromatic rings. The van der Waals surface area contributed by atoms with E-state index in [0.29, 0.717) is 0 Å². The molecular weight excluding hydrogens is 210 g/mol. The Labute approximate surface area is 101 Å². The number of furan rings is 1. The predicted octanol–water partition coefficient (Wildman–Crippen LogP) is 3.93. The third kappa shape index (κ3) is 2.01. The van der Waals surface area contributed by atoms with E-state index in [1.807, 2.05) is 18.2 Å². The van der Waals surface area contributed by atoms with Crippen molar-refractivity contribution in [2.45, 2.75) is 31.7 Å². The largest absolute Gasteiger partial charge is 0.459 e. The van der Waals surface area contributed by atoms with Gasteiger partial charge in [0.15, 0.2) is 0 Å². The van der Waals surface area contributed by atoms with Crippen LogP contribution >= 0.6 is 0 Å². The van der Waals surface area contributed by atoms with E-state index in [2.05, 4.69) is 18.2 Å². The Balaban J connectivity index is 1.94. The van der Waals surface area contributed by atoms with Crippen LogP contribution in [0.5, 0.6) is 0 Å². The lowest BCUT2D eigenvalue weighted by atomic mass is 9.93. The molecule has 1 aromatic carbocycles. The number of hydrogen-bond donors (Lipinski definition) is 1. The Morgan fingerprint density at radius 1 is 1.18 bits per heavy atom. The van der Waals surface area contributed by atoms with Crippen molar-refractivity contribution in [2.24, 2.45) is 5.73 Å². The monoisotopic (exact) mass is 227 g/mol. The first kappa shape index (κ1) is 10.6. The maximum atomic E-state index is 6.27. The third-order valence-electron chi connectivity index (χ3n) is 3.48. The molecule has 0 aliphatic heterocycles. The van der Waals surface area contributed by atoms with E-state index in [9.17, 15) is 0 Å². The van der Waals surface area contributed by atoms with Gasteiger partial charge < -0.3 is 10.2 Å². The van der Waals surface area contributed by atoms with Crippen molar-refractivity contribution < 1.29 is 4.42 Å². The summed E-state index contributed by atoms with van der Waals surface area (Å²) in [5.74, 6) is 0.888. The molecule has 2 nitrogen and oxygen atoms in total. The van der Waals surface area contributed by atoms with E-state index in [-0.39, 0.29) is 6.04 Å². The number of para-hydroxylation sites is 1. The minimum atomic E-state index is -0.0669. The SMILES string of the molecule is NC(C1=CCCCC1)c1cc2ccccc2o1. The second kappa shape index (κ2) is 4.38. The summed E-state index contributed by atoms with van der Waals surface area (Å²) in [7, 11) is 0. The highest BCUT2D eigenvalue weighted by Gasteiger charge is 2.17. The van der Waals surface area contributed by atoms with E-state index in [1.54, 1.807) is 0 Å². The molecule has 1 aliphatic carbocycles. The van der Waals surface area contributed by atoms with Crippen molar-refractivity contribution in [2.75, 3.05) is 0 Å². The molecule has 0 amide bonds. The summed E-state index contributed by atoms with van der Waals surface area (Å²) in [5, 5.41) is 1.13. The van der Waals surface area contributed by atoms with Crippen molar-refractivity contribution in [1.82, 2.24) is 0 Å². The van der Waals surface area contributed by atoms with Gasteiger partial charge in [0, 0.05) is 5.39 Å². The smallest absolute Gasteiger partial charge is 0.134 e. The fourth-order valence-corrected chi connectivity index (χ4v) is 2.48. The molecule has 1 aliphatic rings. The fourth-order valence-electron chi connectivity index (χ4n) is 2.48. The van der Waals surface area contributed by atoms with Crippen LogP contribution in [0.3, 0.4) is 0 Å². The second-order valence-electron chi connectivity index (χ2n) is 4.69. The molecule has 3 rings (SSSR count). The zero-order valence-corrected chi connectivity index (χ0v) is 9.86. The molecule has 0 saturated carbocycles. The molecule has 1 unspecified atom stereocenters. The minimum Gasteiger partial charge on any atom is -0.459 e. The maximum Gasteiger partial charge on any atom is 0.134 e. The highest BCUT2D eigenvalue weighted by molar-refractivity contribution is 5.77. The number of fused-ring (bicyclic) bond motifs is 1. The normalized spacial score (nSPS) is 18.1. The van der Waals surface area contributed by atoms with Crippen molar-refractivity contribution in [3.63, 3.8) is 0 Å². The Bertz CT molecular complexity index is 520. The Morgan fingerprint density at radius 2 is 2.06 bits per heavy atom. The third-order valence-corrected chi connectivity index (χ3v) is 3.48. The number of nitrogens with two attached hydrogens (primary N) is 1. The fraction of sp³-hybridized carbons (Fsp3) is 0.333. The van der Waals surface area contributed by atoms with Crippen LogP contribution in [0.1, 0.15) is 37.5 Å². The van der Waals surface area contributed by atoms with Crippen LogP contribution in [0.15, 0.2) is 46.4 Å². The van der Waals surface area contributed by atoms with E-state index >= 15 is 0 Å². The van der Waals surface area contributed by atoms with Crippen LogP contribution in [-0.4, -0.2) is 0 Å². The molecule has 2 heteroatoms. The van der Waals surface area contributed by atoms with Crippen molar-refractivity contribution >= 4 is 11.0 Å². The molecule has 1 heterocycles. The van der Waals surface area contributed by atoms with Gasteiger partial charge in [-0.15, -0.1) is 0 Å². The highest BCUT2D eigenvalue weighted by Crippen LogP contribution is 2.31. The van der Waals surface area contributed by atoms with Crippen LogP contribution in [0.25, 0.3) is 11.0 Å². The minimum absolute atomic E-state index is 0.0669. The topological polar surface area (TPSA) is 39.2 Å². The van der Waals surface area contributed by atoms with Crippen molar-refractivity contribution in [1.29, 1.82) is 0 Å². The van der Waals surface area contributed by atoms with Crippen LogP contribution < -0.4 is 5.73 Å². The van der Waals surface area contributed by atoms with Gasteiger partial charge in [0.2, 0.25) is 0 Å². The summed E-state index contributed by atoms with van der Waals surface area (Å²) in [6, 6.07) is 10.1. The lowest BCUT2D eigenvalue weighted by Crippen LogP contribution is -2.14. The first-order valence-electron chi connectivity index (χ1n) is 6.27. The number of allylic oxidation sites excluding steroid dienone is 1. The Kier molecular flexibility index (Phi) is 2.73. The van der Waals surface area contributed by atoms with Gasteiger partial charge >= 0.3 is 0 Å². The Morgan fingerprint density at radius 3 is 2.82 bits per heavy atom. The molecule has 0 spiro atoms. The van der Waals surface area contributed by atoms with E-state index in [0.717, 1.165) is 29.6 Å². The molecule has 0 saturated heterocycles. The summed E-state index contributed by atoms with van der Waals surface area (Å²) >= 11 is 0. The van der Waals surface area contributed by atoms with Gasteiger partial charge in [-0.1, -0.05) is 24.3 Å². The first-order valence-corrected chi connectivity index (χ1v) is 6.27. The predicted molar refractivity (Wildman–Crippen MR) is 69.7 cm³/mol. The molecule has 0 bridgehead atoms. The van der Waals surface area contributed by atoms with Crippen LogP contribution in [-0.2, 0) is 0 Å². The molecule has 1 aromatic heterocycles. The average Bonchev–Trinajstić information content (AvgIpc) is 2.82. The van der Waals surface area contributed by atoms with E-state index in [1.165, 1.54) is 18.4 Å². The van der Waals surface area contributed by atoms with Gasteiger partial charge in [-0.25, -0.2) is 0 Å². The summed E-state index contributed by atoms with van der Waals surface area (Å²) in [6.07, 6.45) is 7.08. The zero-order valence-electron chi connectivity index (χ0n) is 9.86. The van der Waals surface area contributed by atoms with E-state index < -0.39 is 0 Å². The lowest BCUT2D eigenvalue weighted by Gasteiger charge is -2.17. The van der Waals surface area contributed by atoms with Gasteiger partial charge in [-0.05, 0) is 43.4 Å². The summed E-state index contributed by atoms with van der Waals surface area (Å²) in [6.45, 7) is 0. The molecule has 2 N–H and O–H groups in total. The molecular formula is C15H17NO. The number of benzene rings is 1. The lowest BCUT2D eigenvalue weighted by molar-refractivity contribution is 0.507. The van der Waals surface area contributed by atoms with Gasteiger partial charge in [0.05, 0.1) is 6.04 Å². The van der Waals surface area contributed by atoms with Crippen molar-refractivity contribution in [3.8, 4) is 0 Å². The zero-order chi connectivity index (χ0) is 11.7. The standard InChI is InChI=1S/C15H17NO/c16-15(11-6-2-1-3-7-11)14-10-12-8-4-5-9-13(12)17-14/h4-6,8-10,15H,1-3,7,16H2. The number of hydrogen-bond acceptors (Lipinski definition) is 2. The van der Waals surface area contributed by atoms with Crippen molar-refractivity contribution in [3.05, 3.63) is 47.7 Å². The van der Waals surface area contributed by atoms with Gasteiger partial charge in [-0.2, -0.15) is 0 Å². The molecule has 1 atom stereocenters. The van der Waals surface area contributed by atoms with Gasteiger partial charge in [0.1, 0.15) is 11.3 Å². The van der Waals surface area contributed by atoms with Gasteiger partial charge in [-0.3, -0.25) is 0 Å². The second-order valence-corrected chi connectivity index (χ2v) is 4.69. The molecule has 88 valence electrons. The average molecular weight is 227 g/mol. The molecule has 17 heavy (non-hydrogen) atoms. The Hall–Kier alpha value is -1.54. The molecule has 0 radical (unpaired) electrons. The molecule has 0 fully saturated rings. The summed E-state index contributed by atoms with van der Waals surface area (Å²) in [5.41, 5.74) is 8.53. The van der Waals surface area contributed by atoms with E-state index in [4.69, 9.17) is 10.2 Å². The van der Waals surface area contributed by atoms with Crippen LogP contribution in [0, 0.1) is 0 Å². The van der Waals surface area contributed by atoms with Crippen LogP contribution in [0.4, 0.5) is 0 Å². The first-order chi connectivity index (χ1) is 8.34.